The van der Waals surface area contributed by atoms with Gasteiger partial charge in [-0.1, -0.05) is 6.07 Å². The Morgan fingerprint density at radius 3 is 2.65 bits per heavy atom. The summed E-state index contributed by atoms with van der Waals surface area (Å²) in [6.07, 6.45) is 4.92. The first kappa shape index (κ1) is 35.9. The number of carbonyl (C=O) groups excluding carboxylic acids is 1. The zero-order valence-corrected chi connectivity index (χ0v) is 29.8. The van der Waals surface area contributed by atoms with Crippen molar-refractivity contribution in [3.05, 3.63) is 47.9 Å². The number of fused-ring (bicyclic) bond motifs is 3. The summed E-state index contributed by atoms with van der Waals surface area (Å²) in [5.74, 6) is -2.57. The van der Waals surface area contributed by atoms with Crippen LogP contribution in [0.3, 0.4) is 0 Å². The van der Waals surface area contributed by atoms with Gasteiger partial charge in [0.05, 0.1) is 16.5 Å². The summed E-state index contributed by atoms with van der Waals surface area (Å²) in [6, 6.07) is 5.18. The Kier molecular flexibility index (Phi) is 9.78. The van der Waals surface area contributed by atoms with Crippen LogP contribution in [0.15, 0.2) is 30.5 Å². The van der Waals surface area contributed by atoms with Gasteiger partial charge in [0.25, 0.3) is 0 Å². The van der Waals surface area contributed by atoms with Gasteiger partial charge < -0.3 is 33.9 Å². The summed E-state index contributed by atoms with van der Waals surface area (Å²) in [5.41, 5.74) is -1.90. The lowest BCUT2D eigenvalue weighted by molar-refractivity contribution is -0.0331. The van der Waals surface area contributed by atoms with Gasteiger partial charge in [-0.15, -0.1) is 0 Å². The zero-order valence-electron chi connectivity index (χ0n) is 29.8. The van der Waals surface area contributed by atoms with Crippen LogP contribution in [0.5, 0.6) is 11.8 Å². The number of β-amino-alcohol motifs (C(OH)–C–C–N with tert-alkyl or cyclic N) is 1. The standard InChI is InChI=1S/C37H43F3N6O6/c1-5-44(3)35(47)52-27-10-13-37(12-7-15-46(27)37)20-50-34-42-32-25(33(43-34)45-14-6-11-36(2,48)19-45)18-41-31(30(32)40)24-17-23(51-21-49-4)16-22-8-9-26(38)29(39)28(22)24/h8-9,16-18,27,48H,5-7,10-15,19-21H2,1-4H3/t27-,36+,37+/m0/s1. The van der Waals surface area contributed by atoms with Gasteiger partial charge in [-0.2, -0.15) is 9.97 Å². The normalized spacial score (nSPS) is 23.3. The second kappa shape index (κ2) is 14.2. The van der Waals surface area contributed by atoms with E-state index in [1.54, 1.807) is 14.0 Å². The summed E-state index contributed by atoms with van der Waals surface area (Å²) in [7, 11) is 3.13. The first-order valence-corrected chi connectivity index (χ1v) is 17.6. The van der Waals surface area contributed by atoms with E-state index in [2.05, 4.69) is 14.9 Å². The van der Waals surface area contributed by atoms with Crippen LogP contribution >= 0.6 is 0 Å². The molecule has 0 unspecified atom stereocenters. The maximum absolute atomic E-state index is 17.0. The quantitative estimate of drug-likeness (QED) is 0.193. The number of anilines is 1. The highest BCUT2D eigenvalue weighted by Gasteiger charge is 2.51. The summed E-state index contributed by atoms with van der Waals surface area (Å²) in [4.78, 5) is 31.9. The van der Waals surface area contributed by atoms with Crippen LogP contribution in [0.1, 0.15) is 52.4 Å². The predicted molar refractivity (Wildman–Crippen MR) is 187 cm³/mol. The van der Waals surface area contributed by atoms with Crippen molar-refractivity contribution < 1.29 is 42.0 Å². The van der Waals surface area contributed by atoms with Gasteiger partial charge in [-0.25, -0.2) is 18.0 Å². The van der Waals surface area contributed by atoms with Crippen LogP contribution in [0.4, 0.5) is 23.8 Å². The Morgan fingerprint density at radius 2 is 1.88 bits per heavy atom. The first-order chi connectivity index (χ1) is 24.9. The third kappa shape index (κ3) is 6.65. The molecule has 3 fully saturated rings. The Balaban J connectivity index is 1.30. The monoisotopic (exact) mass is 724 g/mol. The fourth-order valence-corrected chi connectivity index (χ4v) is 7.79. The molecule has 0 bridgehead atoms. The highest BCUT2D eigenvalue weighted by molar-refractivity contribution is 6.00. The first-order valence-electron chi connectivity index (χ1n) is 17.6. The van der Waals surface area contributed by atoms with E-state index in [1.165, 1.54) is 36.4 Å². The molecule has 52 heavy (non-hydrogen) atoms. The number of hydrogen-bond donors (Lipinski definition) is 1. The lowest BCUT2D eigenvalue weighted by Gasteiger charge is -2.38. The third-order valence-electron chi connectivity index (χ3n) is 10.5. The maximum atomic E-state index is 17.0. The number of nitrogens with zero attached hydrogens (tertiary/aromatic N) is 6. The molecular weight excluding hydrogens is 681 g/mol. The zero-order chi connectivity index (χ0) is 36.8. The Bertz CT molecular complexity index is 2000. The van der Waals surface area contributed by atoms with Crippen molar-refractivity contribution in [2.75, 3.05) is 58.6 Å². The van der Waals surface area contributed by atoms with Gasteiger partial charge in [-0.05, 0) is 69.5 Å². The number of methoxy groups -OCH3 is 1. The van der Waals surface area contributed by atoms with Crippen LogP contribution in [0.25, 0.3) is 32.9 Å². The molecule has 3 aliphatic heterocycles. The van der Waals surface area contributed by atoms with E-state index in [0.717, 1.165) is 31.9 Å². The van der Waals surface area contributed by atoms with Crippen LogP contribution in [0.2, 0.25) is 0 Å². The second-order valence-corrected chi connectivity index (χ2v) is 14.2. The molecule has 12 nitrogen and oxygen atoms in total. The molecule has 1 N–H and O–H groups in total. The predicted octanol–water partition coefficient (Wildman–Crippen LogP) is 6.02. The molecule has 0 saturated carbocycles. The van der Waals surface area contributed by atoms with Crippen molar-refractivity contribution >= 4 is 33.6 Å². The van der Waals surface area contributed by atoms with Crippen molar-refractivity contribution in [3.8, 4) is 23.0 Å². The minimum absolute atomic E-state index is 0.0377. The molecule has 2 aromatic heterocycles. The van der Waals surface area contributed by atoms with Crippen LogP contribution in [0, 0.1) is 17.5 Å². The molecule has 0 spiro atoms. The number of aliphatic hydroxyl groups is 1. The number of halogens is 3. The summed E-state index contributed by atoms with van der Waals surface area (Å²) < 4.78 is 69.8. The highest BCUT2D eigenvalue weighted by Crippen LogP contribution is 2.44. The molecule has 4 aromatic rings. The largest absolute Gasteiger partial charge is 0.468 e. The summed E-state index contributed by atoms with van der Waals surface area (Å²) in [6.45, 7) is 5.68. The summed E-state index contributed by atoms with van der Waals surface area (Å²) in [5, 5.41) is 11.3. The number of aromatic nitrogens is 3. The molecule has 0 radical (unpaired) electrons. The van der Waals surface area contributed by atoms with Crippen molar-refractivity contribution in [1.29, 1.82) is 0 Å². The van der Waals surface area contributed by atoms with Crippen LogP contribution < -0.4 is 14.4 Å². The lowest BCUT2D eigenvalue weighted by Crippen LogP contribution is -2.48. The highest BCUT2D eigenvalue weighted by atomic mass is 19.2. The third-order valence-corrected chi connectivity index (χ3v) is 10.5. The molecule has 0 aliphatic carbocycles. The van der Waals surface area contributed by atoms with Crippen LogP contribution in [-0.2, 0) is 9.47 Å². The van der Waals surface area contributed by atoms with Gasteiger partial charge in [0, 0.05) is 63.9 Å². The molecule has 3 saturated heterocycles. The van der Waals surface area contributed by atoms with E-state index >= 15 is 8.78 Å². The number of carbonyl (C=O) groups is 1. The van der Waals surface area contributed by atoms with E-state index in [4.69, 9.17) is 23.9 Å². The van der Waals surface area contributed by atoms with Gasteiger partial charge in [0.2, 0.25) is 0 Å². The fourth-order valence-electron chi connectivity index (χ4n) is 7.79. The molecular formula is C37H43F3N6O6. The number of rotatable bonds is 10. The smallest absolute Gasteiger partial charge is 0.411 e. The van der Waals surface area contributed by atoms with Crippen molar-refractivity contribution in [2.45, 2.75) is 69.7 Å². The van der Waals surface area contributed by atoms with Crippen molar-refractivity contribution in [3.63, 3.8) is 0 Å². The van der Waals surface area contributed by atoms with E-state index in [1.807, 2.05) is 11.8 Å². The minimum atomic E-state index is -1.16. The average Bonchev–Trinajstić information content (AvgIpc) is 3.70. The summed E-state index contributed by atoms with van der Waals surface area (Å²) >= 11 is 0. The number of pyridine rings is 1. The average molecular weight is 725 g/mol. The molecule has 2 aromatic carbocycles. The van der Waals surface area contributed by atoms with Gasteiger partial charge in [-0.3, -0.25) is 9.88 Å². The van der Waals surface area contributed by atoms with Gasteiger partial charge >= 0.3 is 12.1 Å². The second-order valence-electron chi connectivity index (χ2n) is 14.2. The maximum Gasteiger partial charge on any atom is 0.411 e. The number of hydrogen-bond acceptors (Lipinski definition) is 11. The van der Waals surface area contributed by atoms with E-state index < -0.39 is 34.8 Å². The number of piperidine rings is 1. The van der Waals surface area contributed by atoms with E-state index in [-0.39, 0.29) is 70.7 Å². The number of ether oxygens (including phenoxy) is 4. The molecule has 3 aliphatic rings. The topological polar surface area (TPSA) is 123 Å². The van der Waals surface area contributed by atoms with Crippen LogP contribution in [-0.4, -0.2) is 107 Å². The van der Waals surface area contributed by atoms with E-state index in [0.29, 0.717) is 38.2 Å². The fraction of sp³-hybridized carbons (Fsp3) is 0.514. The lowest BCUT2D eigenvalue weighted by atomic mass is 9.95. The molecule has 278 valence electrons. The van der Waals surface area contributed by atoms with Gasteiger partial charge in [0.1, 0.15) is 29.4 Å². The number of amides is 1. The molecule has 15 heteroatoms. The SMILES string of the molecule is CCN(C)C(=O)O[C@H]1CC[C@@]2(COc3nc(N4CCC[C@@](C)(O)C4)c4cnc(-c5cc(OCOC)cc6ccc(F)c(F)c56)c(F)c4n3)CCCN12. The van der Waals surface area contributed by atoms with E-state index in [9.17, 15) is 14.3 Å². The Morgan fingerprint density at radius 1 is 1.08 bits per heavy atom. The number of benzene rings is 2. The molecule has 7 rings (SSSR count). The Hall–Kier alpha value is -4.47. The Labute approximate surface area is 299 Å². The molecule has 3 atom stereocenters. The van der Waals surface area contributed by atoms with Gasteiger partial charge in [0.15, 0.2) is 30.5 Å². The van der Waals surface area contributed by atoms with Crippen molar-refractivity contribution in [1.82, 2.24) is 24.8 Å². The minimum Gasteiger partial charge on any atom is -0.468 e. The molecule has 1 amide bonds. The molecule has 5 heterocycles. The van der Waals surface area contributed by atoms with Crippen molar-refractivity contribution in [2.24, 2.45) is 0 Å².